The molecule has 4 bridgehead atoms. The van der Waals surface area contributed by atoms with Crippen molar-refractivity contribution in [3.8, 4) is 11.5 Å². The van der Waals surface area contributed by atoms with E-state index in [1.54, 1.807) is 0 Å². The number of ether oxygens (including phenoxy) is 2. The fourth-order valence-corrected chi connectivity index (χ4v) is 8.14. The molecule has 2 aliphatic rings. The van der Waals surface area contributed by atoms with Crippen LogP contribution in [0.3, 0.4) is 0 Å². The van der Waals surface area contributed by atoms with Crippen LogP contribution in [0.2, 0.25) is 0 Å². The van der Waals surface area contributed by atoms with Gasteiger partial charge < -0.3 is 9.47 Å². The molecule has 7 aromatic carbocycles. The van der Waals surface area contributed by atoms with Gasteiger partial charge in [-0.15, -0.1) is 0 Å². The molecule has 0 aliphatic carbocycles. The van der Waals surface area contributed by atoms with Crippen LogP contribution in [0.4, 0.5) is 0 Å². The summed E-state index contributed by atoms with van der Waals surface area (Å²) in [5, 5.41) is 12.7. The van der Waals surface area contributed by atoms with Gasteiger partial charge in [0.05, 0.1) is 23.5 Å². The van der Waals surface area contributed by atoms with E-state index in [9.17, 15) is 0 Å². The average Bonchev–Trinajstić information content (AvgIpc) is 3.26. The van der Waals surface area contributed by atoms with Crippen molar-refractivity contribution in [1.82, 2.24) is 15.6 Å². The van der Waals surface area contributed by atoms with Gasteiger partial charge >= 0.3 is 0 Å². The Kier molecular flexibility index (Phi) is 10.0. The third-order valence-electron chi connectivity index (χ3n) is 11.1. The van der Waals surface area contributed by atoms with Crippen molar-refractivity contribution in [3.05, 3.63) is 221 Å². The topological polar surface area (TPSA) is 55.4 Å². The lowest BCUT2D eigenvalue weighted by atomic mass is 9.88. The molecular formula is C51H45N3O2. The molecular weight excluding hydrogens is 687 g/mol. The van der Waals surface area contributed by atoms with Crippen molar-refractivity contribution in [2.45, 2.75) is 51.2 Å². The Labute approximate surface area is 329 Å². The van der Waals surface area contributed by atoms with Gasteiger partial charge in [0.2, 0.25) is 0 Å². The number of nitrogens with zero attached hydrogens (tertiary/aromatic N) is 1. The van der Waals surface area contributed by atoms with Gasteiger partial charge in [-0.25, -0.2) is 0 Å². The fourth-order valence-electron chi connectivity index (χ4n) is 8.14. The quantitative estimate of drug-likeness (QED) is 0.178. The Morgan fingerprint density at radius 1 is 0.446 bits per heavy atom. The lowest BCUT2D eigenvalue weighted by Gasteiger charge is -2.29. The third-order valence-corrected chi connectivity index (χ3v) is 11.1. The van der Waals surface area contributed by atoms with Gasteiger partial charge in [0.25, 0.3) is 0 Å². The third kappa shape index (κ3) is 7.27. The molecule has 3 heterocycles. The Hall–Kier alpha value is -6.27. The van der Waals surface area contributed by atoms with E-state index in [1.165, 1.54) is 11.1 Å². The summed E-state index contributed by atoms with van der Waals surface area (Å²) in [6.45, 7) is 5.12. The van der Waals surface area contributed by atoms with Crippen LogP contribution in [-0.2, 0) is 13.2 Å². The van der Waals surface area contributed by atoms with Crippen molar-refractivity contribution in [2.75, 3.05) is 0 Å². The lowest BCUT2D eigenvalue weighted by molar-refractivity contribution is 0.285. The van der Waals surface area contributed by atoms with Crippen LogP contribution in [0, 0.1) is 0 Å². The number of aromatic nitrogens is 1. The zero-order valence-electron chi connectivity index (χ0n) is 31.7. The average molecular weight is 732 g/mol. The van der Waals surface area contributed by atoms with Crippen molar-refractivity contribution < 1.29 is 9.47 Å². The predicted octanol–water partition coefficient (Wildman–Crippen LogP) is 11.7. The number of nitrogens with one attached hydrogen (secondary N) is 2. The summed E-state index contributed by atoms with van der Waals surface area (Å²) in [5.74, 6) is 1.65. The van der Waals surface area contributed by atoms with Crippen LogP contribution in [0.5, 0.6) is 11.5 Å². The molecule has 2 aliphatic heterocycles. The zero-order valence-corrected chi connectivity index (χ0v) is 31.7. The van der Waals surface area contributed by atoms with Crippen LogP contribution in [0.1, 0.15) is 82.8 Å². The molecule has 8 aromatic rings. The molecule has 0 spiro atoms. The molecule has 4 atom stereocenters. The van der Waals surface area contributed by atoms with Crippen molar-refractivity contribution in [2.24, 2.45) is 0 Å². The Morgan fingerprint density at radius 2 is 0.857 bits per heavy atom. The Bertz CT molecular complexity index is 2410. The van der Waals surface area contributed by atoms with Gasteiger partial charge in [0.1, 0.15) is 24.7 Å². The molecule has 0 fully saturated rings. The number of fused-ring (bicyclic) bond motifs is 6. The Morgan fingerprint density at radius 3 is 1.30 bits per heavy atom. The van der Waals surface area contributed by atoms with E-state index in [0.29, 0.717) is 13.2 Å². The molecule has 0 saturated heterocycles. The normalized spacial score (nSPS) is 16.5. The van der Waals surface area contributed by atoms with Crippen LogP contribution in [-0.4, -0.2) is 4.98 Å². The largest absolute Gasteiger partial charge is 0.487 e. The first-order chi connectivity index (χ1) is 27.6. The summed E-state index contributed by atoms with van der Waals surface area (Å²) in [5.41, 5.74) is 8.62. The van der Waals surface area contributed by atoms with E-state index < -0.39 is 0 Å². The summed E-state index contributed by atoms with van der Waals surface area (Å²) < 4.78 is 13.5. The van der Waals surface area contributed by atoms with E-state index in [2.05, 4.69) is 182 Å². The van der Waals surface area contributed by atoms with Gasteiger partial charge in [-0.1, -0.05) is 152 Å². The maximum atomic E-state index is 6.77. The number of hydrogen-bond donors (Lipinski definition) is 2. The number of pyridine rings is 1. The first-order valence-electron chi connectivity index (χ1n) is 19.5. The minimum Gasteiger partial charge on any atom is -0.487 e. The summed E-state index contributed by atoms with van der Waals surface area (Å²) >= 11 is 0. The first kappa shape index (κ1) is 35.4. The molecule has 56 heavy (non-hydrogen) atoms. The first-order valence-corrected chi connectivity index (χ1v) is 19.5. The predicted molar refractivity (Wildman–Crippen MR) is 227 cm³/mol. The maximum Gasteiger partial charge on any atom is 0.130 e. The minimum atomic E-state index is -0.193. The van der Waals surface area contributed by atoms with Gasteiger partial charge in [0, 0.05) is 23.2 Å². The molecule has 2 N–H and O–H groups in total. The van der Waals surface area contributed by atoms with Gasteiger partial charge in [-0.3, -0.25) is 15.6 Å². The second-order valence-corrected chi connectivity index (χ2v) is 14.7. The molecule has 276 valence electrons. The van der Waals surface area contributed by atoms with Crippen LogP contribution >= 0.6 is 0 Å². The zero-order chi connectivity index (χ0) is 37.8. The number of hydrogen-bond acceptors (Lipinski definition) is 5. The molecule has 0 saturated carbocycles. The smallest absolute Gasteiger partial charge is 0.130 e. The maximum absolute atomic E-state index is 6.77. The van der Waals surface area contributed by atoms with Gasteiger partial charge in [0.15, 0.2) is 0 Å². The standard InChI is InChI=1S/C51H45N3O2/c1-34(36-14-5-3-6-15-36)52-50-40-24-26-41(27-25-40)51(53-35(2)37-16-7-4-8-17-37)49-45-23-12-10-19-39(45)29-31-47(49)56-33-43-21-13-20-42(54-43)32-55-46-30-28-38-18-9-11-22-44(38)48(46)50/h3-31,34-35,50-53H,32-33H2,1-2H3/t34-,35-,50-,51?/m1/s1. The highest BCUT2D eigenvalue weighted by Crippen LogP contribution is 2.41. The van der Waals surface area contributed by atoms with Crippen LogP contribution < -0.4 is 20.1 Å². The molecule has 0 radical (unpaired) electrons. The minimum absolute atomic E-state index is 0.0525. The summed E-state index contributed by atoms with van der Waals surface area (Å²) in [6.07, 6.45) is 0. The van der Waals surface area contributed by atoms with Gasteiger partial charge in [-0.2, -0.15) is 0 Å². The fraction of sp³-hybridized carbons (Fsp3) is 0.157. The number of rotatable bonds is 6. The van der Waals surface area contributed by atoms with E-state index in [1.807, 2.05) is 18.2 Å². The van der Waals surface area contributed by atoms with Gasteiger partial charge in [-0.05, 0) is 81.9 Å². The van der Waals surface area contributed by atoms with Crippen molar-refractivity contribution in [1.29, 1.82) is 0 Å². The molecule has 0 amide bonds. The Balaban J connectivity index is 1.25. The molecule has 1 aromatic heterocycles. The van der Waals surface area contributed by atoms with E-state index in [0.717, 1.165) is 66.7 Å². The molecule has 1 unspecified atom stereocenters. The molecule has 5 heteroatoms. The highest BCUT2D eigenvalue weighted by Gasteiger charge is 2.27. The monoisotopic (exact) mass is 731 g/mol. The van der Waals surface area contributed by atoms with E-state index in [4.69, 9.17) is 14.5 Å². The lowest BCUT2D eigenvalue weighted by Crippen LogP contribution is -2.27. The SMILES string of the molecule is C[C@@H](NC1c2ccc(cc2)[C@@H](N[C@H](C)c2ccccc2)c2c(ccc3ccccc23)OCc2cccc(n2)COc2ccc3ccccc3c21)c1ccccc1. The van der Waals surface area contributed by atoms with E-state index in [-0.39, 0.29) is 24.2 Å². The summed E-state index contributed by atoms with van der Waals surface area (Å²) in [7, 11) is 0. The highest BCUT2D eigenvalue weighted by molar-refractivity contribution is 5.90. The summed E-state index contributed by atoms with van der Waals surface area (Å²) in [4.78, 5) is 5.03. The molecule has 5 nitrogen and oxygen atoms in total. The van der Waals surface area contributed by atoms with Crippen molar-refractivity contribution >= 4 is 21.5 Å². The van der Waals surface area contributed by atoms with Crippen LogP contribution in [0.25, 0.3) is 21.5 Å². The summed E-state index contributed by atoms with van der Waals surface area (Å²) in [6, 6.07) is 62.0. The highest BCUT2D eigenvalue weighted by atomic mass is 16.5. The molecule has 10 rings (SSSR count). The second-order valence-electron chi connectivity index (χ2n) is 14.7. The van der Waals surface area contributed by atoms with E-state index >= 15 is 0 Å². The second kappa shape index (κ2) is 15.8. The number of benzene rings is 7. The van der Waals surface area contributed by atoms with Crippen molar-refractivity contribution in [3.63, 3.8) is 0 Å². The van der Waals surface area contributed by atoms with Crippen LogP contribution in [0.15, 0.2) is 176 Å².